The molecule has 0 spiro atoms. The fraction of sp³-hybridized carbons (Fsp3) is 0.481. The first kappa shape index (κ1) is 30.6. The number of carbonyl (C=O) groups is 2. The van der Waals surface area contributed by atoms with Gasteiger partial charge in [-0.25, -0.2) is 12.8 Å². The number of anilines is 1. The monoisotopic (exact) mass is 553 g/mol. The van der Waals surface area contributed by atoms with Crippen LogP contribution in [-0.4, -0.2) is 50.5 Å². The maximum Gasteiger partial charge on any atom is 0.242 e. The maximum atomic E-state index is 13.4. The van der Waals surface area contributed by atoms with Crippen LogP contribution >= 0.6 is 11.6 Å². The molecule has 2 aromatic carbocycles. The number of hydrogen-bond acceptors (Lipinski definition) is 4. The number of nitrogens with one attached hydrogen (secondary N) is 1. The highest BCUT2D eigenvalue weighted by molar-refractivity contribution is 7.92. The number of nitrogens with zero attached hydrogens (tertiary/aromatic N) is 2. The van der Waals surface area contributed by atoms with Crippen molar-refractivity contribution in [3.05, 3.63) is 64.4 Å². The minimum Gasteiger partial charge on any atom is -0.354 e. The lowest BCUT2D eigenvalue weighted by atomic mass is 10.1. The van der Waals surface area contributed by atoms with Gasteiger partial charge in [-0.2, -0.15) is 0 Å². The number of sulfonamides is 1. The number of hydrogen-bond donors (Lipinski definition) is 1. The van der Waals surface area contributed by atoms with E-state index in [2.05, 4.69) is 5.32 Å². The third-order valence-corrected chi connectivity index (χ3v) is 7.59. The van der Waals surface area contributed by atoms with Crippen LogP contribution in [0.2, 0.25) is 5.02 Å². The molecule has 0 unspecified atom stereocenters. The van der Waals surface area contributed by atoms with Crippen LogP contribution in [0.1, 0.15) is 51.2 Å². The lowest BCUT2D eigenvalue weighted by Gasteiger charge is -2.31. The quantitative estimate of drug-likeness (QED) is 0.382. The van der Waals surface area contributed by atoms with Crippen LogP contribution < -0.4 is 9.62 Å². The summed E-state index contributed by atoms with van der Waals surface area (Å²) in [6, 6.07) is 10.1. The second-order valence-electron chi connectivity index (χ2n) is 9.53. The second-order valence-corrected chi connectivity index (χ2v) is 11.8. The van der Waals surface area contributed by atoms with Crippen molar-refractivity contribution in [3.63, 3.8) is 0 Å². The minimum absolute atomic E-state index is 0.0286. The minimum atomic E-state index is -3.63. The predicted octanol–water partition coefficient (Wildman–Crippen LogP) is 4.91. The molecule has 0 saturated heterocycles. The molecule has 2 rings (SSSR count). The van der Waals surface area contributed by atoms with E-state index in [0.717, 1.165) is 6.26 Å². The Kier molecular flexibility index (Phi) is 11.4. The Labute approximate surface area is 225 Å². The fourth-order valence-electron chi connectivity index (χ4n) is 3.98. The van der Waals surface area contributed by atoms with Gasteiger partial charge in [0.05, 0.1) is 11.9 Å². The van der Waals surface area contributed by atoms with Crippen molar-refractivity contribution in [1.82, 2.24) is 10.2 Å². The van der Waals surface area contributed by atoms with Crippen molar-refractivity contribution in [2.75, 3.05) is 23.7 Å². The molecule has 2 amide bonds. The molecule has 204 valence electrons. The lowest BCUT2D eigenvalue weighted by Crippen LogP contribution is -2.49. The molecule has 0 heterocycles. The Bertz CT molecular complexity index is 1170. The molecule has 0 aliphatic rings. The smallest absolute Gasteiger partial charge is 0.242 e. The summed E-state index contributed by atoms with van der Waals surface area (Å²) in [5.74, 6) is -0.675. The summed E-state index contributed by atoms with van der Waals surface area (Å²) < 4.78 is 39.8. The van der Waals surface area contributed by atoms with E-state index in [1.807, 2.05) is 20.8 Å². The van der Waals surface area contributed by atoms with Gasteiger partial charge < -0.3 is 10.2 Å². The molecule has 0 aliphatic carbocycles. The Morgan fingerprint density at radius 1 is 1.11 bits per heavy atom. The van der Waals surface area contributed by atoms with Crippen LogP contribution in [0.5, 0.6) is 0 Å². The summed E-state index contributed by atoms with van der Waals surface area (Å²) >= 11 is 6.20. The molecule has 0 fully saturated rings. The largest absolute Gasteiger partial charge is 0.354 e. The third kappa shape index (κ3) is 9.00. The molecule has 7 nitrogen and oxygen atoms in total. The third-order valence-electron chi connectivity index (χ3n) is 6.00. The summed E-state index contributed by atoms with van der Waals surface area (Å²) in [5.41, 5.74) is 1.79. The van der Waals surface area contributed by atoms with Gasteiger partial charge in [0.15, 0.2) is 0 Å². The van der Waals surface area contributed by atoms with E-state index < -0.39 is 16.1 Å². The number of benzene rings is 2. The molecule has 0 radical (unpaired) electrons. The van der Waals surface area contributed by atoms with E-state index in [0.29, 0.717) is 34.8 Å². The molecule has 37 heavy (non-hydrogen) atoms. The average molecular weight is 554 g/mol. The summed E-state index contributed by atoms with van der Waals surface area (Å²) in [7, 11) is -3.63. The van der Waals surface area contributed by atoms with Crippen molar-refractivity contribution in [2.45, 2.75) is 59.5 Å². The normalized spacial score (nSPS) is 12.3. The zero-order chi connectivity index (χ0) is 27.8. The molecule has 2 aromatic rings. The van der Waals surface area contributed by atoms with Crippen LogP contribution in [0, 0.1) is 18.7 Å². The van der Waals surface area contributed by atoms with Gasteiger partial charge in [0.25, 0.3) is 0 Å². The van der Waals surface area contributed by atoms with Crippen LogP contribution in [0.4, 0.5) is 10.1 Å². The standard InChI is InChI=1S/C27H37ClFN3O4S/c1-6-24(27(34)30-17-19(2)3)31(18-21-12-14-22(29)15-13-21)26(33)11-8-16-32(37(5,35)36)25-10-7-9-23(28)20(25)4/h7,9-10,12-15,19,24H,6,8,11,16-18H2,1-5H3,(H,30,34)/t24-/m0/s1. The highest BCUT2D eigenvalue weighted by Gasteiger charge is 2.29. The number of carbonyl (C=O) groups excluding carboxylic acids is 2. The predicted molar refractivity (Wildman–Crippen MR) is 146 cm³/mol. The Hall–Kier alpha value is -2.65. The van der Waals surface area contributed by atoms with Crippen LogP contribution in [0.3, 0.4) is 0 Å². The molecule has 0 saturated carbocycles. The molecular weight excluding hydrogens is 517 g/mol. The average Bonchev–Trinajstić information content (AvgIpc) is 2.82. The maximum absolute atomic E-state index is 13.4. The summed E-state index contributed by atoms with van der Waals surface area (Å²) in [5, 5.41) is 3.35. The zero-order valence-electron chi connectivity index (χ0n) is 22.1. The highest BCUT2D eigenvalue weighted by atomic mass is 35.5. The van der Waals surface area contributed by atoms with Gasteiger partial charge in [-0.05, 0) is 61.1 Å². The van der Waals surface area contributed by atoms with E-state index in [9.17, 15) is 22.4 Å². The van der Waals surface area contributed by atoms with Gasteiger partial charge >= 0.3 is 0 Å². The van der Waals surface area contributed by atoms with Crippen LogP contribution in [-0.2, 0) is 26.2 Å². The number of amides is 2. The van der Waals surface area contributed by atoms with Crippen LogP contribution in [0.25, 0.3) is 0 Å². The molecule has 1 atom stereocenters. The van der Waals surface area contributed by atoms with Gasteiger partial charge in [-0.15, -0.1) is 0 Å². The van der Waals surface area contributed by atoms with E-state index in [-0.39, 0.29) is 49.5 Å². The molecule has 10 heteroatoms. The zero-order valence-corrected chi connectivity index (χ0v) is 23.7. The molecule has 0 aromatic heterocycles. The SMILES string of the molecule is CC[C@@H](C(=O)NCC(C)C)N(Cc1ccc(F)cc1)C(=O)CCCN(c1cccc(Cl)c1C)S(C)(=O)=O. The van der Waals surface area contributed by atoms with Crippen molar-refractivity contribution >= 4 is 39.1 Å². The topological polar surface area (TPSA) is 86.8 Å². The Balaban J connectivity index is 2.24. The summed E-state index contributed by atoms with van der Waals surface area (Å²) in [6.45, 7) is 8.24. The van der Waals surface area contributed by atoms with Crippen molar-refractivity contribution in [3.8, 4) is 0 Å². The van der Waals surface area contributed by atoms with E-state index in [1.54, 1.807) is 37.3 Å². The Morgan fingerprint density at radius 3 is 2.32 bits per heavy atom. The van der Waals surface area contributed by atoms with E-state index in [1.165, 1.54) is 21.3 Å². The summed E-state index contributed by atoms with van der Waals surface area (Å²) in [4.78, 5) is 27.9. The lowest BCUT2D eigenvalue weighted by molar-refractivity contribution is -0.141. The molecule has 0 bridgehead atoms. The second kappa shape index (κ2) is 13.8. The Morgan fingerprint density at radius 2 is 1.76 bits per heavy atom. The van der Waals surface area contributed by atoms with Crippen molar-refractivity contribution in [2.24, 2.45) is 5.92 Å². The van der Waals surface area contributed by atoms with E-state index >= 15 is 0 Å². The fourth-order valence-corrected chi connectivity index (χ4v) is 5.16. The van der Waals surface area contributed by atoms with Gasteiger partial charge in [0, 0.05) is 31.1 Å². The van der Waals surface area contributed by atoms with E-state index in [4.69, 9.17) is 11.6 Å². The highest BCUT2D eigenvalue weighted by Crippen LogP contribution is 2.28. The number of rotatable bonds is 13. The summed E-state index contributed by atoms with van der Waals surface area (Å²) in [6.07, 6.45) is 1.78. The van der Waals surface area contributed by atoms with Gasteiger partial charge in [-0.3, -0.25) is 13.9 Å². The first-order chi connectivity index (χ1) is 17.3. The molecule has 1 N–H and O–H groups in total. The van der Waals surface area contributed by atoms with Gasteiger partial charge in [0.1, 0.15) is 11.9 Å². The van der Waals surface area contributed by atoms with Crippen LogP contribution in [0.15, 0.2) is 42.5 Å². The molecule has 0 aliphatic heterocycles. The first-order valence-corrected chi connectivity index (χ1v) is 14.6. The van der Waals surface area contributed by atoms with Gasteiger partial charge in [-0.1, -0.05) is 50.6 Å². The first-order valence-electron chi connectivity index (χ1n) is 12.4. The van der Waals surface area contributed by atoms with Gasteiger partial charge in [0.2, 0.25) is 21.8 Å². The van der Waals surface area contributed by atoms with Crippen molar-refractivity contribution in [1.29, 1.82) is 0 Å². The van der Waals surface area contributed by atoms with Crippen molar-refractivity contribution < 1.29 is 22.4 Å². The molecular formula is C27H37ClFN3O4S. The number of halogens is 2.